The van der Waals surface area contributed by atoms with Crippen LogP contribution in [0, 0.1) is 41.5 Å². The van der Waals surface area contributed by atoms with Crippen molar-refractivity contribution in [1.29, 1.82) is 0 Å². The number of hydrogen-bond donors (Lipinski definition) is 0. The summed E-state index contributed by atoms with van der Waals surface area (Å²) in [4.78, 5) is 11.3. The lowest BCUT2D eigenvalue weighted by Gasteiger charge is -2.36. The average Bonchev–Trinajstić information content (AvgIpc) is 3.05. The summed E-state index contributed by atoms with van der Waals surface area (Å²) < 4.78 is 44.7. The second-order valence-corrected chi connectivity index (χ2v) is 12.5. The molecule has 11 heteroatoms. The Morgan fingerprint density at radius 3 is 1.41 bits per heavy atom. The van der Waals surface area contributed by atoms with Crippen molar-refractivity contribution in [2.75, 3.05) is 54.2 Å². The van der Waals surface area contributed by atoms with Crippen LogP contribution in [-0.2, 0) is 36.6 Å². The Bertz CT molecular complexity index is 1280. The molecule has 4 rings (SSSR count). The summed E-state index contributed by atoms with van der Waals surface area (Å²) in [5.74, 6) is 3.57. The summed E-state index contributed by atoms with van der Waals surface area (Å²) >= 11 is 0. The lowest BCUT2D eigenvalue weighted by molar-refractivity contribution is -0.121. The molecule has 0 radical (unpaired) electrons. The number of rotatable bonds is 14. The number of methoxy groups -OCH3 is 2. The standard InChI is InChI=1S/C19H28O4.C18H26O5.CH4.2H2S/c1-7-19(5)9-8-16-15(4)17(22-12-21-11-10-20-6)13(2)14(3)18(16)23-19;1-12-13(2)17-15(6-7-18(4,10-19)23-17)14(3)16(12)22-11-21-9-8-20-5;;;/h7H,1,8-12H2,2-6H3;10H,6-9,11H2,1-5H3;1H4;2*1H2/t19-;18-;;;/m10.../s1. The Morgan fingerprint density at radius 1 is 0.653 bits per heavy atom. The van der Waals surface area contributed by atoms with Gasteiger partial charge in [-0.05, 0) is 121 Å². The van der Waals surface area contributed by atoms with Gasteiger partial charge in [0.05, 0.1) is 26.4 Å². The molecule has 0 aliphatic carbocycles. The Hall–Kier alpha value is -2.41. The normalized spacial score (nSPS) is 18.7. The molecular weight excluding hydrogens is 665 g/mol. The van der Waals surface area contributed by atoms with Gasteiger partial charge >= 0.3 is 0 Å². The van der Waals surface area contributed by atoms with Crippen molar-refractivity contribution in [3.8, 4) is 23.0 Å². The first kappa shape index (κ1) is 46.6. The monoisotopic (exact) mass is 726 g/mol. The first-order chi connectivity index (χ1) is 21.9. The fraction of sp³-hybridized carbons (Fsp3) is 0.605. The van der Waals surface area contributed by atoms with Crippen molar-refractivity contribution in [1.82, 2.24) is 0 Å². The predicted octanol–water partition coefficient (Wildman–Crippen LogP) is 7.64. The third-order valence-electron chi connectivity index (χ3n) is 9.15. The SMILES string of the molecule is C.C=C[C@]1(C)CCc2c(C)c(OCOCCOC)c(C)c(C)c2O1.COCCOCOc1c(C)c(C)c2c(c1C)CC[C@@](C)(C=O)O2.S.S. The van der Waals surface area contributed by atoms with Crippen molar-refractivity contribution in [3.63, 3.8) is 0 Å². The number of ether oxygens (including phenoxy) is 8. The minimum absolute atomic E-state index is 0. The summed E-state index contributed by atoms with van der Waals surface area (Å²) in [5.41, 5.74) is 7.81. The van der Waals surface area contributed by atoms with Gasteiger partial charge in [0.2, 0.25) is 0 Å². The molecule has 2 aromatic rings. The third kappa shape index (κ3) is 11.3. The molecule has 2 atom stereocenters. The smallest absolute Gasteiger partial charge is 0.189 e. The van der Waals surface area contributed by atoms with Gasteiger partial charge in [-0.15, -0.1) is 0 Å². The molecule has 9 nitrogen and oxygen atoms in total. The number of carbonyl (C=O) groups excluding carboxylic acids is 1. The Balaban J connectivity index is 0.000000886. The van der Waals surface area contributed by atoms with E-state index in [-0.39, 0.29) is 53.6 Å². The molecule has 49 heavy (non-hydrogen) atoms. The van der Waals surface area contributed by atoms with Crippen molar-refractivity contribution in [3.05, 3.63) is 57.2 Å². The highest BCUT2D eigenvalue weighted by Gasteiger charge is 2.35. The number of carbonyl (C=O) groups is 1. The van der Waals surface area contributed by atoms with E-state index in [4.69, 9.17) is 37.9 Å². The molecular formula is C38H62O9S2. The Morgan fingerprint density at radius 2 is 1.04 bits per heavy atom. The van der Waals surface area contributed by atoms with E-state index in [0.717, 1.165) is 87.5 Å². The predicted molar refractivity (Wildman–Crippen MR) is 206 cm³/mol. The molecule has 0 fully saturated rings. The second kappa shape index (κ2) is 21.1. The maximum atomic E-state index is 11.3. The van der Waals surface area contributed by atoms with Gasteiger partial charge in [-0.2, -0.15) is 27.0 Å². The minimum Gasteiger partial charge on any atom is -0.483 e. The zero-order chi connectivity index (χ0) is 34.1. The van der Waals surface area contributed by atoms with Crippen molar-refractivity contribution >= 4 is 33.3 Å². The molecule has 0 saturated carbocycles. The van der Waals surface area contributed by atoms with Crippen LogP contribution in [0.25, 0.3) is 0 Å². The average molecular weight is 727 g/mol. The highest BCUT2D eigenvalue weighted by atomic mass is 32.1. The fourth-order valence-electron chi connectivity index (χ4n) is 5.77. The van der Waals surface area contributed by atoms with Crippen LogP contribution in [-0.4, -0.2) is 71.7 Å². The van der Waals surface area contributed by atoms with Crippen LogP contribution in [0.15, 0.2) is 12.7 Å². The molecule has 2 heterocycles. The van der Waals surface area contributed by atoms with Gasteiger partial charge < -0.3 is 37.9 Å². The molecule has 0 N–H and O–H groups in total. The van der Waals surface area contributed by atoms with Crippen LogP contribution < -0.4 is 18.9 Å². The summed E-state index contributed by atoms with van der Waals surface area (Å²) in [6.45, 7) is 22.7. The van der Waals surface area contributed by atoms with Gasteiger partial charge in [-0.25, -0.2) is 0 Å². The third-order valence-corrected chi connectivity index (χ3v) is 9.15. The minimum atomic E-state index is -0.734. The summed E-state index contributed by atoms with van der Waals surface area (Å²) in [7, 11) is 3.29. The van der Waals surface area contributed by atoms with E-state index in [0.29, 0.717) is 32.8 Å². The number of benzene rings is 2. The van der Waals surface area contributed by atoms with Gasteiger partial charge in [-0.3, -0.25) is 4.79 Å². The van der Waals surface area contributed by atoms with Crippen LogP contribution in [0.4, 0.5) is 0 Å². The zero-order valence-corrected chi connectivity index (χ0v) is 32.6. The van der Waals surface area contributed by atoms with Crippen LogP contribution in [0.5, 0.6) is 23.0 Å². The van der Waals surface area contributed by atoms with E-state index in [2.05, 4.69) is 34.3 Å². The maximum Gasteiger partial charge on any atom is 0.189 e. The summed E-state index contributed by atoms with van der Waals surface area (Å²) in [6, 6.07) is 0. The van der Waals surface area contributed by atoms with Crippen LogP contribution in [0.2, 0.25) is 0 Å². The van der Waals surface area contributed by atoms with Gasteiger partial charge in [-0.1, -0.05) is 14.0 Å². The molecule has 2 aliphatic heterocycles. The molecule has 0 spiro atoms. The van der Waals surface area contributed by atoms with E-state index < -0.39 is 5.60 Å². The fourth-order valence-corrected chi connectivity index (χ4v) is 5.77. The van der Waals surface area contributed by atoms with Gasteiger partial charge in [0.15, 0.2) is 25.5 Å². The van der Waals surface area contributed by atoms with Crippen molar-refractivity contribution < 1.29 is 42.7 Å². The quantitative estimate of drug-likeness (QED) is 0.0844. The molecule has 0 bridgehead atoms. The van der Waals surface area contributed by atoms with E-state index in [1.54, 1.807) is 14.2 Å². The molecule has 0 amide bonds. The van der Waals surface area contributed by atoms with Crippen molar-refractivity contribution in [2.45, 2.75) is 99.7 Å². The first-order valence-electron chi connectivity index (χ1n) is 16.0. The van der Waals surface area contributed by atoms with Crippen molar-refractivity contribution in [2.24, 2.45) is 0 Å². The highest BCUT2D eigenvalue weighted by Crippen LogP contribution is 2.45. The number of fused-ring (bicyclic) bond motifs is 2. The van der Waals surface area contributed by atoms with Gasteiger partial charge in [0.25, 0.3) is 0 Å². The zero-order valence-electron chi connectivity index (χ0n) is 30.6. The van der Waals surface area contributed by atoms with E-state index in [1.807, 2.05) is 33.8 Å². The molecule has 0 unspecified atom stereocenters. The van der Waals surface area contributed by atoms with Crippen LogP contribution in [0.3, 0.4) is 0 Å². The lowest BCUT2D eigenvalue weighted by Crippen LogP contribution is -2.38. The van der Waals surface area contributed by atoms with E-state index in [9.17, 15) is 4.79 Å². The van der Waals surface area contributed by atoms with E-state index >= 15 is 0 Å². The molecule has 0 saturated heterocycles. The first-order valence-corrected chi connectivity index (χ1v) is 16.0. The Labute approximate surface area is 309 Å². The molecule has 2 aliphatic rings. The number of hydrogen-bond acceptors (Lipinski definition) is 9. The van der Waals surface area contributed by atoms with Crippen LogP contribution >= 0.6 is 27.0 Å². The Kier molecular flexibility index (Phi) is 20.0. The topological polar surface area (TPSA) is 90.9 Å². The number of aldehydes is 1. The summed E-state index contributed by atoms with van der Waals surface area (Å²) in [6.07, 6.45) is 6.17. The summed E-state index contributed by atoms with van der Waals surface area (Å²) in [5, 5.41) is 0. The molecule has 2 aromatic carbocycles. The highest BCUT2D eigenvalue weighted by molar-refractivity contribution is 7.59. The molecule has 280 valence electrons. The van der Waals surface area contributed by atoms with E-state index in [1.165, 1.54) is 5.56 Å². The molecule has 0 aromatic heterocycles. The van der Waals surface area contributed by atoms with Gasteiger partial charge in [0.1, 0.15) is 28.6 Å². The second-order valence-electron chi connectivity index (χ2n) is 12.5. The van der Waals surface area contributed by atoms with Gasteiger partial charge in [0, 0.05) is 25.3 Å². The van der Waals surface area contributed by atoms with Crippen LogP contribution in [0.1, 0.15) is 78.6 Å². The lowest BCUT2D eigenvalue weighted by atomic mass is 9.87. The largest absolute Gasteiger partial charge is 0.483 e. The maximum absolute atomic E-state index is 11.3.